The Morgan fingerprint density at radius 2 is 2.33 bits per heavy atom. The highest BCUT2D eigenvalue weighted by Crippen LogP contribution is 2.28. The lowest BCUT2D eigenvalue weighted by Crippen LogP contribution is -2.33. The summed E-state index contributed by atoms with van der Waals surface area (Å²) < 4.78 is 13.3. The second kappa shape index (κ2) is 3.52. The van der Waals surface area contributed by atoms with E-state index in [0.717, 1.165) is 6.07 Å². The number of carbonyl (C=O) groups excluding carboxylic acids is 1. The number of nitrogens with one attached hydrogen (secondary N) is 1. The molecule has 1 aliphatic rings. The molecule has 0 bridgehead atoms. The van der Waals surface area contributed by atoms with Crippen LogP contribution < -0.4 is 5.32 Å². The summed E-state index contributed by atoms with van der Waals surface area (Å²) in [6, 6.07) is 2.77. The van der Waals surface area contributed by atoms with Gasteiger partial charge in [-0.3, -0.25) is 4.79 Å². The molecule has 1 heterocycles. The van der Waals surface area contributed by atoms with Gasteiger partial charge in [-0.1, -0.05) is 11.6 Å². The number of nitriles is 1. The smallest absolute Gasteiger partial charge is 0.253 e. The van der Waals surface area contributed by atoms with Crippen LogP contribution in [-0.2, 0) is 6.42 Å². The van der Waals surface area contributed by atoms with E-state index in [1.807, 2.05) is 0 Å². The van der Waals surface area contributed by atoms with Crippen LogP contribution in [0.15, 0.2) is 6.07 Å². The van der Waals surface area contributed by atoms with Gasteiger partial charge in [-0.25, -0.2) is 4.39 Å². The third kappa shape index (κ3) is 1.45. The van der Waals surface area contributed by atoms with Gasteiger partial charge in [0.1, 0.15) is 17.4 Å². The second-order valence-corrected chi connectivity index (χ2v) is 3.59. The van der Waals surface area contributed by atoms with Crippen LogP contribution in [0.3, 0.4) is 0 Å². The zero-order valence-corrected chi connectivity index (χ0v) is 8.36. The van der Waals surface area contributed by atoms with E-state index in [1.165, 1.54) is 0 Å². The van der Waals surface area contributed by atoms with Gasteiger partial charge in [-0.15, -0.1) is 0 Å². The van der Waals surface area contributed by atoms with Crippen LogP contribution in [0.25, 0.3) is 0 Å². The Bertz CT molecular complexity index is 493. The highest BCUT2D eigenvalue weighted by Gasteiger charge is 2.25. The number of fused-ring (bicyclic) bond motifs is 1. The van der Waals surface area contributed by atoms with E-state index in [9.17, 15) is 9.18 Å². The summed E-state index contributed by atoms with van der Waals surface area (Å²) in [6.07, 6.45) is 0.523. The molecule has 0 spiro atoms. The average molecular weight is 225 g/mol. The Hall–Kier alpha value is -1.60. The topological polar surface area (TPSA) is 52.9 Å². The van der Waals surface area contributed by atoms with Gasteiger partial charge in [0.25, 0.3) is 5.91 Å². The molecule has 2 rings (SSSR count). The van der Waals surface area contributed by atoms with Gasteiger partial charge >= 0.3 is 0 Å². The molecule has 1 aliphatic heterocycles. The summed E-state index contributed by atoms with van der Waals surface area (Å²) in [5.74, 6) is -1.19. The van der Waals surface area contributed by atoms with Gasteiger partial charge in [-0.2, -0.15) is 5.26 Å². The number of amides is 1. The van der Waals surface area contributed by atoms with Crippen molar-refractivity contribution in [2.24, 2.45) is 0 Å². The molecule has 0 radical (unpaired) electrons. The first-order valence-electron chi connectivity index (χ1n) is 4.34. The summed E-state index contributed by atoms with van der Waals surface area (Å²) in [5, 5.41) is 11.5. The van der Waals surface area contributed by atoms with E-state index in [4.69, 9.17) is 16.9 Å². The summed E-state index contributed by atoms with van der Waals surface area (Å²) in [6.45, 7) is 0.460. The van der Waals surface area contributed by atoms with E-state index in [1.54, 1.807) is 6.07 Å². The fourth-order valence-electron chi connectivity index (χ4n) is 1.65. The summed E-state index contributed by atoms with van der Waals surface area (Å²) in [4.78, 5) is 11.5. The summed E-state index contributed by atoms with van der Waals surface area (Å²) in [7, 11) is 0. The first-order chi connectivity index (χ1) is 7.15. The minimum absolute atomic E-state index is 0.0775. The molecule has 0 atom stereocenters. The van der Waals surface area contributed by atoms with Crippen molar-refractivity contribution in [2.75, 3.05) is 6.54 Å². The minimum atomic E-state index is -0.752. The Morgan fingerprint density at radius 3 is 3.00 bits per heavy atom. The van der Waals surface area contributed by atoms with Crippen molar-refractivity contribution in [3.63, 3.8) is 0 Å². The molecule has 1 amide bonds. The molecular formula is C10H6ClFN2O. The van der Waals surface area contributed by atoms with Gasteiger partial charge in [0.05, 0.1) is 5.56 Å². The van der Waals surface area contributed by atoms with Crippen LogP contribution in [0.5, 0.6) is 0 Å². The summed E-state index contributed by atoms with van der Waals surface area (Å²) >= 11 is 5.81. The van der Waals surface area contributed by atoms with E-state index < -0.39 is 11.7 Å². The van der Waals surface area contributed by atoms with Gasteiger partial charge in [0.15, 0.2) is 0 Å². The van der Waals surface area contributed by atoms with Crippen molar-refractivity contribution in [2.45, 2.75) is 6.42 Å². The van der Waals surface area contributed by atoms with Crippen molar-refractivity contribution in [3.8, 4) is 6.07 Å². The van der Waals surface area contributed by atoms with Crippen LogP contribution in [-0.4, -0.2) is 12.5 Å². The number of carbonyl (C=O) groups is 1. The van der Waals surface area contributed by atoms with Crippen molar-refractivity contribution in [3.05, 3.63) is 33.6 Å². The molecule has 76 valence electrons. The molecular weight excluding hydrogens is 219 g/mol. The van der Waals surface area contributed by atoms with E-state index in [2.05, 4.69) is 5.32 Å². The van der Waals surface area contributed by atoms with Crippen LogP contribution >= 0.6 is 11.6 Å². The largest absolute Gasteiger partial charge is 0.352 e. The molecule has 3 nitrogen and oxygen atoms in total. The highest BCUT2D eigenvalue weighted by atomic mass is 35.5. The van der Waals surface area contributed by atoms with E-state index >= 15 is 0 Å². The van der Waals surface area contributed by atoms with Crippen LogP contribution in [0.4, 0.5) is 4.39 Å². The van der Waals surface area contributed by atoms with Gasteiger partial charge in [-0.05, 0) is 18.1 Å². The number of hydrogen-bond acceptors (Lipinski definition) is 2. The molecule has 1 aromatic rings. The molecule has 1 N–H and O–H groups in total. The number of rotatable bonds is 0. The molecule has 1 aromatic carbocycles. The normalized spacial score (nSPS) is 14.1. The lowest BCUT2D eigenvalue weighted by Gasteiger charge is -2.18. The molecule has 0 saturated carbocycles. The van der Waals surface area contributed by atoms with Gasteiger partial charge < -0.3 is 5.32 Å². The third-order valence-electron chi connectivity index (χ3n) is 2.33. The van der Waals surface area contributed by atoms with Crippen molar-refractivity contribution in [1.82, 2.24) is 5.32 Å². The molecule has 0 aromatic heterocycles. The standard InChI is InChI=1S/C10H6ClFN2O/c11-7-3-8(12)6(4-13)9-5(7)1-2-14-10(9)15/h3H,1-2H2,(H,14,15). The highest BCUT2D eigenvalue weighted by molar-refractivity contribution is 6.32. The Kier molecular flexibility index (Phi) is 2.33. The number of benzene rings is 1. The molecule has 0 unspecified atom stereocenters. The van der Waals surface area contributed by atoms with E-state index in [-0.39, 0.29) is 16.1 Å². The maximum absolute atomic E-state index is 13.3. The molecule has 5 heteroatoms. The fraction of sp³-hybridized carbons (Fsp3) is 0.200. The Balaban J connectivity index is 2.79. The second-order valence-electron chi connectivity index (χ2n) is 3.19. The van der Waals surface area contributed by atoms with Crippen molar-refractivity contribution < 1.29 is 9.18 Å². The number of hydrogen-bond donors (Lipinski definition) is 1. The maximum Gasteiger partial charge on any atom is 0.253 e. The molecule has 0 saturated heterocycles. The number of nitrogens with zero attached hydrogens (tertiary/aromatic N) is 1. The lowest BCUT2D eigenvalue weighted by molar-refractivity contribution is 0.0945. The lowest BCUT2D eigenvalue weighted by atomic mass is 9.95. The fourth-order valence-corrected chi connectivity index (χ4v) is 1.94. The molecule has 0 aliphatic carbocycles. The minimum Gasteiger partial charge on any atom is -0.352 e. The number of halogens is 2. The third-order valence-corrected chi connectivity index (χ3v) is 2.67. The molecule has 15 heavy (non-hydrogen) atoms. The predicted octanol–water partition coefficient (Wildman–Crippen LogP) is 1.64. The van der Waals surface area contributed by atoms with Crippen molar-refractivity contribution in [1.29, 1.82) is 5.26 Å². The van der Waals surface area contributed by atoms with Crippen LogP contribution in [0.1, 0.15) is 21.5 Å². The van der Waals surface area contributed by atoms with E-state index in [0.29, 0.717) is 18.5 Å². The first kappa shape index (κ1) is 9.94. The van der Waals surface area contributed by atoms with Gasteiger partial charge in [0, 0.05) is 11.6 Å². The average Bonchev–Trinajstić information content (AvgIpc) is 2.20. The monoisotopic (exact) mass is 224 g/mol. The predicted molar refractivity (Wildman–Crippen MR) is 52.2 cm³/mol. The quantitative estimate of drug-likeness (QED) is 0.728. The Morgan fingerprint density at radius 1 is 1.60 bits per heavy atom. The summed E-state index contributed by atoms with van der Waals surface area (Å²) in [5.41, 5.74) is 0.402. The van der Waals surface area contributed by atoms with Gasteiger partial charge in [0.2, 0.25) is 0 Å². The maximum atomic E-state index is 13.3. The SMILES string of the molecule is N#Cc1c(F)cc(Cl)c2c1C(=O)NCC2. The van der Waals surface area contributed by atoms with Crippen LogP contribution in [0, 0.1) is 17.1 Å². The first-order valence-corrected chi connectivity index (χ1v) is 4.72. The zero-order chi connectivity index (χ0) is 11.0. The zero-order valence-electron chi connectivity index (χ0n) is 7.60. The Labute approximate surface area is 90.5 Å². The molecule has 0 fully saturated rings. The van der Waals surface area contributed by atoms with Crippen molar-refractivity contribution >= 4 is 17.5 Å². The van der Waals surface area contributed by atoms with Crippen LogP contribution in [0.2, 0.25) is 5.02 Å².